The normalized spacial score (nSPS) is 10.2. The Kier molecular flexibility index (Phi) is 3.89. The van der Waals surface area contributed by atoms with Crippen molar-refractivity contribution < 1.29 is 9.72 Å². The molecule has 0 aliphatic rings. The van der Waals surface area contributed by atoms with Crippen LogP contribution in [-0.2, 0) is 0 Å². The summed E-state index contributed by atoms with van der Waals surface area (Å²) in [5.41, 5.74) is 8.26. The van der Waals surface area contributed by atoms with Crippen molar-refractivity contribution in [3.8, 4) is 0 Å². The third kappa shape index (κ3) is 3.17. The predicted molar refractivity (Wildman–Crippen MR) is 81.4 cm³/mol. The summed E-state index contributed by atoms with van der Waals surface area (Å²) in [6.07, 6.45) is 0. The fourth-order valence-electron chi connectivity index (χ4n) is 1.87. The second-order valence-electron chi connectivity index (χ2n) is 4.80. The Balaban J connectivity index is 2.31. The van der Waals surface area contributed by atoms with Crippen LogP contribution in [0.15, 0.2) is 36.4 Å². The third-order valence-electron chi connectivity index (χ3n) is 3.14. The molecule has 6 nitrogen and oxygen atoms in total. The summed E-state index contributed by atoms with van der Waals surface area (Å²) in [6, 6.07) is 9.54. The van der Waals surface area contributed by atoms with E-state index < -0.39 is 10.8 Å². The number of carbonyl (C=O) groups is 1. The Morgan fingerprint density at radius 3 is 2.52 bits per heavy atom. The number of anilines is 2. The van der Waals surface area contributed by atoms with Crippen molar-refractivity contribution in [1.29, 1.82) is 0 Å². The summed E-state index contributed by atoms with van der Waals surface area (Å²) >= 11 is 0. The van der Waals surface area contributed by atoms with Gasteiger partial charge >= 0.3 is 0 Å². The van der Waals surface area contributed by atoms with E-state index in [-0.39, 0.29) is 11.4 Å². The first-order chi connectivity index (χ1) is 9.88. The zero-order valence-electron chi connectivity index (χ0n) is 11.7. The van der Waals surface area contributed by atoms with Crippen LogP contribution in [-0.4, -0.2) is 10.8 Å². The molecular weight excluding hydrogens is 270 g/mol. The van der Waals surface area contributed by atoms with Gasteiger partial charge in [0.25, 0.3) is 11.6 Å². The average molecular weight is 285 g/mol. The minimum absolute atomic E-state index is 0.136. The number of nitrogen functional groups attached to an aromatic ring is 1. The fraction of sp³-hybridized carbons (Fsp3) is 0.133. The van der Waals surface area contributed by atoms with Crippen molar-refractivity contribution in [3.05, 3.63) is 63.2 Å². The van der Waals surface area contributed by atoms with E-state index in [1.54, 1.807) is 31.2 Å². The third-order valence-corrected chi connectivity index (χ3v) is 3.14. The van der Waals surface area contributed by atoms with E-state index in [1.165, 1.54) is 12.1 Å². The lowest BCUT2D eigenvalue weighted by Gasteiger charge is -2.08. The zero-order chi connectivity index (χ0) is 15.6. The number of amides is 1. The summed E-state index contributed by atoms with van der Waals surface area (Å²) in [5, 5.41) is 13.6. The minimum atomic E-state index is -0.522. The Bertz CT molecular complexity index is 726. The molecule has 6 heteroatoms. The highest BCUT2D eigenvalue weighted by Crippen LogP contribution is 2.26. The van der Waals surface area contributed by atoms with Crippen LogP contribution < -0.4 is 11.1 Å². The maximum absolute atomic E-state index is 12.1. The largest absolute Gasteiger partial charge is 0.398 e. The van der Waals surface area contributed by atoms with Crippen LogP contribution in [0.3, 0.4) is 0 Å². The number of hydrogen-bond acceptors (Lipinski definition) is 4. The molecule has 2 rings (SSSR count). The van der Waals surface area contributed by atoms with E-state index in [0.717, 1.165) is 11.1 Å². The van der Waals surface area contributed by atoms with Gasteiger partial charge in [-0.3, -0.25) is 14.9 Å². The van der Waals surface area contributed by atoms with E-state index in [9.17, 15) is 14.9 Å². The second kappa shape index (κ2) is 5.62. The summed E-state index contributed by atoms with van der Waals surface area (Å²) in [7, 11) is 0. The standard InChI is InChI=1S/C15H15N3O3/c1-9-3-6-13(14(7-9)18(20)21)17-15(19)11-5-4-10(2)12(16)8-11/h3-8H,16H2,1-2H3,(H,17,19). The maximum Gasteiger partial charge on any atom is 0.293 e. The van der Waals surface area contributed by atoms with Gasteiger partial charge in [-0.2, -0.15) is 0 Å². The monoisotopic (exact) mass is 285 g/mol. The predicted octanol–water partition coefficient (Wildman–Crippen LogP) is 3.05. The highest BCUT2D eigenvalue weighted by atomic mass is 16.6. The lowest BCUT2D eigenvalue weighted by Crippen LogP contribution is -2.13. The lowest BCUT2D eigenvalue weighted by molar-refractivity contribution is -0.384. The Morgan fingerprint density at radius 1 is 1.19 bits per heavy atom. The molecule has 2 aromatic rings. The molecule has 1 amide bonds. The van der Waals surface area contributed by atoms with Gasteiger partial charge in [-0.05, 0) is 43.2 Å². The molecule has 0 heterocycles. The number of nitrogens with one attached hydrogen (secondary N) is 1. The molecule has 0 spiro atoms. The van der Waals surface area contributed by atoms with E-state index in [0.29, 0.717) is 11.3 Å². The molecule has 0 radical (unpaired) electrons. The highest BCUT2D eigenvalue weighted by Gasteiger charge is 2.17. The number of nitro benzene ring substituents is 1. The first-order valence-corrected chi connectivity index (χ1v) is 6.31. The van der Waals surface area contributed by atoms with E-state index in [1.807, 2.05) is 6.92 Å². The van der Waals surface area contributed by atoms with E-state index >= 15 is 0 Å². The van der Waals surface area contributed by atoms with Crippen LogP contribution in [0.1, 0.15) is 21.5 Å². The van der Waals surface area contributed by atoms with Crippen molar-refractivity contribution in [2.75, 3.05) is 11.1 Å². The molecule has 2 aromatic carbocycles. The van der Waals surface area contributed by atoms with Gasteiger partial charge in [0, 0.05) is 17.3 Å². The number of hydrogen-bond donors (Lipinski definition) is 2. The first kappa shape index (κ1) is 14.5. The van der Waals surface area contributed by atoms with E-state index in [2.05, 4.69) is 5.32 Å². The van der Waals surface area contributed by atoms with Crippen LogP contribution in [0, 0.1) is 24.0 Å². The molecule has 0 aliphatic carbocycles. The van der Waals surface area contributed by atoms with Gasteiger partial charge in [0.2, 0.25) is 0 Å². The molecule has 0 unspecified atom stereocenters. The van der Waals surface area contributed by atoms with Gasteiger partial charge in [0.1, 0.15) is 5.69 Å². The molecule has 0 aliphatic heterocycles. The average Bonchev–Trinajstić information content (AvgIpc) is 2.43. The summed E-state index contributed by atoms with van der Waals surface area (Å²) in [5.74, 6) is -0.436. The van der Waals surface area contributed by atoms with Gasteiger partial charge in [-0.15, -0.1) is 0 Å². The molecule has 0 aromatic heterocycles. The number of nitrogens with two attached hydrogens (primary N) is 1. The van der Waals surface area contributed by atoms with E-state index in [4.69, 9.17) is 5.73 Å². The topological polar surface area (TPSA) is 98.3 Å². The molecule has 0 atom stereocenters. The fourth-order valence-corrected chi connectivity index (χ4v) is 1.87. The first-order valence-electron chi connectivity index (χ1n) is 6.31. The molecule has 0 fully saturated rings. The Hall–Kier alpha value is -2.89. The maximum atomic E-state index is 12.1. The second-order valence-corrected chi connectivity index (χ2v) is 4.80. The van der Waals surface area contributed by atoms with Crippen molar-refractivity contribution in [2.24, 2.45) is 0 Å². The van der Waals surface area contributed by atoms with Crippen LogP contribution >= 0.6 is 0 Å². The molecule has 21 heavy (non-hydrogen) atoms. The van der Waals surface area contributed by atoms with Crippen LogP contribution in [0.4, 0.5) is 17.1 Å². The zero-order valence-corrected chi connectivity index (χ0v) is 11.7. The molecular formula is C15H15N3O3. The number of rotatable bonds is 3. The number of nitro groups is 1. The van der Waals surface area contributed by atoms with Crippen molar-refractivity contribution in [2.45, 2.75) is 13.8 Å². The quantitative estimate of drug-likeness (QED) is 0.514. The van der Waals surface area contributed by atoms with Crippen molar-refractivity contribution in [3.63, 3.8) is 0 Å². The molecule has 3 N–H and O–H groups in total. The highest BCUT2D eigenvalue weighted by molar-refractivity contribution is 6.06. The van der Waals surface area contributed by atoms with Crippen molar-refractivity contribution in [1.82, 2.24) is 0 Å². The van der Waals surface area contributed by atoms with Gasteiger partial charge in [-0.25, -0.2) is 0 Å². The molecule has 0 saturated carbocycles. The van der Waals surface area contributed by atoms with Crippen LogP contribution in [0.25, 0.3) is 0 Å². The lowest BCUT2D eigenvalue weighted by atomic mass is 10.1. The summed E-state index contributed by atoms with van der Waals surface area (Å²) < 4.78 is 0. The van der Waals surface area contributed by atoms with Crippen LogP contribution in [0.2, 0.25) is 0 Å². The van der Waals surface area contributed by atoms with Crippen molar-refractivity contribution >= 4 is 23.0 Å². The summed E-state index contributed by atoms with van der Waals surface area (Å²) in [4.78, 5) is 22.7. The number of carbonyl (C=O) groups excluding carboxylic acids is 1. The number of benzene rings is 2. The van der Waals surface area contributed by atoms with Gasteiger partial charge in [0.15, 0.2) is 0 Å². The SMILES string of the molecule is Cc1ccc(NC(=O)c2ccc(C)c(N)c2)c([N+](=O)[O-])c1. The van der Waals surface area contributed by atoms with Crippen LogP contribution in [0.5, 0.6) is 0 Å². The number of nitrogens with zero attached hydrogens (tertiary/aromatic N) is 1. The Labute approximate surface area is 121 Å². The molecule has 0 saturated heterocycles. The van der Waals surface area contributed by atoms with Gasteiger partial charge in [0.05, 0.1) is 4.92 Å². The van der Waals surface area contributed by atoms with Gasteiger partial charge in [-0.1, -0.05) is 12.1 Å². The van der Waals surface area contributed by atoms with Gasteiger partial charge < -0.3 is 11.1 Å². The molecule has 108 valence electrons. The number of aryl methyl sites for hydroxylation is 2. The Morgan fingerprint density at radius 2 is 1.90 bits per heavy atom. The summed E-state index contributed by atoms with van der Waals surface area (Å²) in [6.45, 7) is 3.58. The molecule has 0 bridgehead atoms. The smallest absolute Gasteiger partial charge is 0.293 e. The minimum Gasteiger partial charge on any atom is -0.398 e.